The Morgan fingerprint density at radius 1 is 0.914 bits per heavy atom. The summed E-state index contributed by atoms with van der Waals surface area (Å²) in [7, 11) is 0. The molecule has 1 saturated heterocycles. The highest BCUT2D eigenvalue weighted by atomic mass is 32.2. The van der Waals surface area contributed by atoms with Crippen molar-refractivity contribution in [1.29, 1.82) is 0 Å². The van der Waals surface area contributed by atoms with Crippen LogP contribution in [-0.2, 0) is 17.8 Å². The molecule has 2 aromatic heterocycles. The molecule has 0 bridgehead atoms. The maximum atomic E-state index is 13.4. The van der Waals surface area contributed by atoms with Crippen molar-refractivity contribution in [3.05, 3.63) is 117 Å². The van der Waals surface area contributed by atoms with Crippen molar-refractivity contribution >= 4 is 51.7 Å². The Morgan fingerprint density at radius 2 is 1.60 bits per heavy atom. The lowest BCUT2D eigenvalue weighted by Crippen LogP contribution is -2.27. The molecule has 0 spiro atoms. The van der Waals surface area contributed by atoms with Crippen LogP contribution in [0.5, 0.6) is 0 Å². The van der Waals surface area contributed by atoms with Crippen molar-refractivity contribution in [3.63, 3.8) is 0 Å². The highest BCUT2D eigenvalue weighted by Crippen LogP contribution is 2.34. The molecule has 1 N–H and O–H groups in total. The van der Waals surface area contributed by atoms with E-state index in [1.165, 1.54) is 21.7 Å². The molecule has 1 fully saturated rings. The number of rotatable bonds is 7. The lowest BCUT2D eigenvalue weighted by molar-refractivity contribution is -0.122. The zero-order valence-corrected chi connectivity index (χ0v) is 20.4. The van der Waals surface area contributed by atoms with Gasteiger partial charge in [-0.25, -0.2) is 4.98 Å². The number of nitrogens with zero attached hydrogens (tertiary/aromatic N) is 3. The summed E-state index contributed by atoms with van der Waals surface area (Å²) in [5, 5.41) is 3.31. The van der Waals surface area contributed by atoms with Crippen LogP contribution in [0.15, 0.2) is 94.8 Å². The third kappa shape index (κ3) is 5.03. The fourth-order valence-electron chi connectivity index (χ4n) is 3.87. The predicted molar refractivity (Wildman–Crippen MR) is 145 cm³/mol. The third-order valence-electron chi connectivity index (χ3n) is 5.65. The first-order valence-electron chi connectivity index (χ1n) is 11.2. The van der Waals surface area contributed by atoms with Crippen molar-refractivity contribution in [2.24, 2.45) is 0 Å². The molecule has 3 heterocycles. The summed E-state index contributed by atoms with van der Waals surface area (Å²) in [6.07, 6.45) is 4.07. The Kier molecular flexibility index (Phi) is 6.74. The maximum absolute atomic E-state index is 13.4. The summed E-state index contributed by atoms with van der Waals surface area (Å²) >= 11 is 6.69. The van der Waals surface area contributed by atoms with Gasteiger partial charge in [0.1, 0.15) is 15.8 Å². The number of carbonyl (C=O) groups excluding carboxylic acids is 1. The molecule has 0 atom stereocenters. The zero-order valence-electron chi connectivity index (χ0n) is 18.8. The average Bonchev–Trinajstić information content (AvgIpc) is 3.15. The van der Waals surface area contributed by atoms with Crippen LogP contribution in [0.1, 0.15) is 16.7 Å². The molecule has 4 aromatic rings. The van der Waals surface area contributed by atoms with Crippen molar-refractivity contribution in [3.8, 4) is 0 Å². The van der Waals surface area contributed by atoms with E-state index in [-0.39, 0.29) is 11.5 Å². The van der Waals surface area contributed by atoms with Gasteiger partial charge < -0.3 is 5.32 Å². The number of aromatic nitrogens is 2. The minimum Gasteiger partial charge on any atom is -0.369 e. The van der Waals surface area contributed by atoms with Crippen molar-refractivity contribution in [1.82, 2.24) is 14.3 Å². The van der Waals surface area contributed by atoms with Crippen LogP contribution in [0.25, 0.3) is 11.7 Å². The number of amides is 1. The van der Waals surface area contributed by atoms with Crippen LogP contribution in [-0.4, -0.2) is 31.1 Å². The van der Waals surface area contributed by atoms with Gasteiger partial charge in [0, 0.05) is 12.7 Å². The fraction of sp³-hybridized carbons (Fsp3) is 0.111. The Bertz CT molecular complexity index is 1480. The second-order valence-corrected chi connectivity index (χ2v) is 9.70. The molecule has 5 rings (SSSR count). The molecule has 0 saturated carbocycles. The van der Waals surface area contributed by atoms with Gasteiger partial charge in [-0.1, -0.05) is 90.7 Å². The first kappa shape index (κ1) is 23.0. The normalized spacial score (nSPS) is 14.7. The first-order valence-corrected chi connectivity index (χ1v) is 12.4. The second-order valence-electron chi connectivity index (χ2n) is 8.02. The van der Waals surface area contributed by atoms with Crippen LogP contribution in [0.4, 0.5) is 5.82 Å². The molecule has 174 valence electrons. The summed E-state index contributed by atoms with van der Waals surface area (Å²) in [6, 6.07) is 25.2. The summed E-state index contributed by atoms with van der Waals surface area (Å²) in [6.45, 7) is 0.981. The van der Waals surface area contributed by atoms with Gasteiger partial charge in [-0.2, -0.15) is 0 Å². The summed E-state index contributed by atoms with van der Waals surface area (Å²) in [5.41, 5.74) is 2.79. The second kappa shape index (κ2) is 10.2. The maximum Gasteiger partial charge on any atom is 0.267 e. The quantitative estimate of drug-likeness (QED) is 0.293. The molecule has 1 aliphatic heterocycles. The SMILES string of the molecule is O=C1/C(=C/c2c(NCCc3ccccc3)nc3ccccn3c2=O)SC(=S)N1Cc1ccccc1. The highest BCUT2D eigenvalue weighted by molar-refractivity contribution is 8.26. The van der Waals surface area contributed by atoms with E-state index < -0.39 is 0 Å². The zero-order chi connectivity index (χ0) is 24.2. The average molecular weight is 499 g/mol. The Hall–Kier alpha value is -3.75. The van der Waals surface area contributed by atoms with Crippen molar-refractivity contribution in [2.75, 3.05) is 11.9 Å². The summed E-state index contributed by atoms with van der Waals surface area (Å²) in [4.78, 5) is 33.3. The molecular weight excluding hydrogens is 476 g/mol. The first-order chi connectivity index (χ1) is 17.1. The minimum atomic E-state index is -0.244. The van der Waals surface area contributed by atoms with Crippen LogP contribution < -0.4 is 10.9 Å². The molecule has 6 nitrogen and oxygen atoms in total. The number of anilines is 1. The Balaban J connectivity index is 1.47. The van der Waals surface area contributed by atoms with Crippen LogP contribution in [0, 0.1) is 0 Å². The van der Waals surface area contributed by atoms with Gasteiger partial charge in [0.25, 0.3) is 11.5 Å². The monoisotopic (exact) mass is 498 g/mol. The summed E-state index contributed by atoms with van der Waals surface area (Å²) < 4.78 is 1.95. The van der Waals surface area contributed by atoms with Crippen LogP contribution >= 0.6 is 24.0 Å². The van der Waals surface area contributed by atoms with E-state index in [0.29, 0.717) is 39.3 Å². The number of thioether (sulfide) groups is 1. The standard InChI is InChI=1S/C27H22N4O2S2/c32-25-21(17-22-26(33)31(27(34)35-22)18-20-11-5-2-6-12-20)24(29-23-13-7-8-16-30(23)25)28-15-14-19-9-3-1-4-10-19/h1-13,16-17,28H,14-15,18H2/b22-17-. The smallest absolute Gasteiger partial charge is 0.267 e. The number of thiocarbonyl (C=S) groups is 1. The third-order valence-corrected chi connectivity index (χ3v) is 7.03. The molecule has 2 aromatic carbocycles. The van der Waals surface area contributed by atoms with Crippen LogP contribution in [0.2, 0.25) is 0 Å². The number of nitrogens with one attached hydrogen (secondary N) is 1. The minimum absolute atomic E-state index is 0.211. The summed E-state index contributed by atoms with van der Waals surface area (Å²) in [5.74, 6) is 0.238. The lowest BCUT2D eigenvalue weighted by atomic mass is 10.1. The van der Waals surface area contributed by atoms with E-state index in [9.17, 15) is 9.59 Å². The predicted octanol–water partition coefficient (Wildman–Crippen LogP) is 4.75. The van der Waals surface area contributed by atoms with Gasteiger partial charge in [0.2, 0.25) is 0 Å². The van der Waals surface area contributed by atoms with Crippen molar-refractivity contribution in [2.45, 2.75) is 13.0 Å². The Morgan fingerprint density at radius 3 is 2.34 bits per heavy atom. The van der Waals surface area contributed by atoms with E-state index in [4.69, 9.17) is 12.2 Å². The van der Waals surface area contributed by atoms with Gasteiger partial charge >= 0.3 is 0 Å². The van der Waals surface area contributed by atoms with E-state index >= 15 is 0 Å². The molecule has 0 radical (unpaired) electrons. The number of fused-ring (bicyclic) bond motifs is 1. The van der Waals surface area contributed by atoms with Gasteiger partial charge in [0.15, 0.2) is 0 Å². The number of hydrogen-bond acceptors (Lipinski definition) is 6. The molecule has 1 aliphatic rings. The van der Waals surface area contributed by atoms with Crippen molar-refractivity contribution < 1.29 is 4.79 Å². The highest BCUT2D eigenvalue weighted by Gasteiger charge is 2.32. The molecular formula is C27H22N4O2S2. The molecule has 0 unspecified atom stereocenters. The van der Waals surface area contributed by atoms with E-state index in [0.717, 1.165) is 12.0 Å². The lowest BCUT2D eigenvalue weighted by Gasteiger charge is -2.14. The number of benzene rings is 2. The number of carbonyl (C=O) groups is 1. The largest absolute Gasteiger partial charge is 0.369 e. The van der Waals surface area contributed by atoms with Crippen LogP contribution in [0.3, 0.4) is 0 Å². The van der Waals surface area contributed by atoms with Gasteiger partial charge in [-0.05, 0) is 35.8 Å². The van der Waals surface area contributed by atoms with E-state index in [1.807, 2.05) is 54.6 Å². The molecule has 35 heavy (non-hydrogen) atoms. The number of hydrogen-bond donors (Lipinski definition) is 1. The van der Waals surface area contributed by atoms with Gasteiger partial charge in [0.05, 0.1) is 17.0 Å². The van der Waals surface area contributed by atoms with Gasteiger partial charge in [-0.15, -0.1) is 0 Å². The number of pyridine rings is 1. The topological polar surface area (TPSA) is 66.7 Å². The molecule has 0 aliphatic carbocycles. The van der Waals surface area contributed by atoms with E-state index in [2.05, 4.69) is 22.4 Å². The molecule has 8 heteroatoms. The molecule has 1 amide bonds. The van der Waals surface area contributed by atoms with E-state index in [1.54, 1.807) is 29.3 Å². The Labute approximate surface area is 212 Å². The fourth-order valence-corrected chi connectivity index (χ4v) is 5.11. The van der Waals surface area contributed by atoms with Gasteiger partial charge in [-0.3, -0.25) is 18.9 Å².